The maximum Gasteiger partial charge on any atom is 0.269 e. The quantitative estimate of drug-likeness (QED) is 0.363. The zero-order valence-electron chi connectivity index (χ0n) is 14.4. The highest BCUT2D eigenvalue weighted by molar-refractivity contribution is 5.89. The van der Waals surface area contributed by atoms with Crippen molar-refractivity contribution < 1.29 is 4.92 Å². The first-order valence-electron chi connectivity index (χ1n) is 8.32. The largest absolute Gasteiger partial charge is 0.355 e. The van der Waals surface area contributed by atoms with E-state index in [-0.39, 0.29) is 11.7 Å². The first-order chi connectivity index (χ1) is 12.6. The van der Waals surface area contributed by atoms with E-state index in [0.29, 0.717) is 0 Å². The van der Waals surface area contributed by atoms with Crippen molar-refractivity contribution in [3.63, 3.8) is 0 Å². The van der Waals surface area contributed by atoms with E-state index in [2.05, 4.69) is 29.4 Å². The van der Waals surface area contributed by atoms with Crippen molar-refractivity contribution in [3.8, 4) is 0 Å². The molecule has 0 unspecified atom stereocenters. The molecule has 1 atom stereocenters. The minimum Gasteiger partial charge on any atom is -0.355 e. The molecular weight excluding hydrogens is 326 g/mol. The monoisotopic (exact) mass is 345 g/mol. The van der Waals surface area contributed by atoms with Crippen LogP contribution < -0.4 is 5.32 Å². The third-order valence-electron chi connectivity index (χ3n) is 4.04. The van der Waals surface area contributed by atoms with Gasteiger partial charge in [-0.3, -0.25) is 15.1 Å². The Morgan fingerprint density at radius 2 is 1.62 bits per heavy atom. The molecule has 0 aliphatic heterocycles. The standard InChI is InChI=1S/C21H19N3O2/c1-16(17-7-3-2-4-8-17)22-15-18-9-5-6-10-21(18)23-19-11-13-20(14-12-19)24(25)26/h2-16,23H,1H3/t16-/m0/s1. The first kappa shape index (κ1) is 17.4. The van der Waals surface area contributed by atoms with E-state index in [4.69, 9.17) is 0 Å². The molecule has 0 spiro atoms. The second kappa shape index (κ2) is 8.07. The molecule has 5 heteroatoms. The predicted molar refractivity (Wildman–Crippen MR) is 105 cm³/mol. The van der Waals surface area contributed by atoms with Crippen molar-refractivity contribution in [2.24, 2.45) is 4.99 Å². The van der Waals surface area contributed by atoms with E-state index in [0.717, 1.165) is 22.5 Å². The van der Waals surface area contributed by atoms with Crippen molar-refractivity contribution in [3.05, 3.63) is 100 Å². The summed E-state index contributed by atoms with van der Waals surface area (Å²) in [7, 11) is 0. The Bertz CT molecular complexity index is 906. The van der Waals surface area contributed by atoms with Gasteiger partial charge in [0.15, 0.2) is 0 Å². The van der Waals surface area contributed by atoms with E-state index >= 15 is 0 Å². The Labute approximate surface area is 152 Å². The van der Waals surface area contributed by atoms with Gasteiger partial charge in [-0.1, -0.05) is 48.5 Å². The number of nitro benzene ring substituents is 1. The average molecular weight is 345 g/mol. The summed E-state index contributed by atoms with van der Waals surface area (Å²) in [6, 6.07) is 24.4. The molecule has 0 radical (unpaired) electrons. The van der Waals surface area contributed by atoms with Gasteiger partial charge < -0.3 is 5.32 Å². The van der Waals surface area contributed by atoms with Crippen LogP contribution in [0.15, 0.2) is 83.9 Å². The first-order valence-corrected chi connectivity index (χ1v) is 8.32. The van der Waals surface area contributed by atoms with Gasteiger partial charge in [0.2, 0.25) is 0 Å². The van der Waals surface area contributed by atoms with Crippen LogP contribution in [0.3, 0.4) is 0 Å². The molecule has 0 aliphatic rings. The van der Waals surface area contributed by atoms with E-state index in [1.807, 2.05) is 48.7 Å². The lowest BCUT2D eigenvalue weighted by Gasteiger charge is -2.10. The van der Waals surface area contributed by atoms with Gasteiger partial charge in [-0.05, 0) is 30.7 Å². The lowest BCUT2D eigenvalue weighted by Crippen LogP contribution is -1.97. The van der Waals surface area contributed by atoms with Gasteiger partial charge in [-0.15, -0.1) is 0 Å². The van der Waals surface area contributed by atoms with E-state index < -0.39 is 4.92 Å². The molecule has 0 heterocycles. The van der Waals surface area contributed by atoms with E-state index in [9.17, 15) is 10.1 Å². The Morgan fingerprint density at radius 3 is 2.31 bits per heavy atom. The van der Waals surface area contributed by atoms with Crippen molar-refractivity contribution >= 4 is 23.3 Å². The topological polar surface area (TPSA) is 67.5 Å². The molecule has 1 N–H and O–H groups in total. The van der Waals surface area contributed by atoms with Gasteiger partial charge in [0.1, 0.15) is 0 Å². The summed E-state index contributed by atoms with van der Waals surface area (Å²) in [6.45, 7) is 2.05. The molecule has 0 saturated heterocycles. The SMILES string of the molecule is C[C@H](N=Cc1ccccc1Nc1ccc([N+](=O)[O-])cc1)c1ccccc1. The number of nitro groups is 1. The summed E-state index contributed by atoms with van der Waals surface area (Å²) in [6.07, 6.45) is 1.85. The second-order valence-corrected chi connectivity index (χ2v) is 5.88. The van der Waals surface area contributed by atoms with Crippen LogP contribution in [0.1, 0.15) is 24.1 Å². The fraction of sp³-hybridized carbons (Fsp3) is 0.0952. The van der Waals surface area contributed by atoms with Gasteiger partial charge in [0, 0.05) is 35.3 Å². The van der Waals surface area contributed by atoms with Gasteiger partial charge in [0.25, 0.3) is 5.69 Å². The smallest absolute Gasteiger partial charge is 0.269 e. The summed E-state index contributed by atoms with van der Waals surface area (Å²) >= 11 is 0. The molecule has 0 aliphatic carbocycles. The number of para-hydroxylation sites is 1. The van der Waals surface area contributed by atoms with Crippen LogP contribution in [0.2, 0.25) is 0 Å². The number of benzene rings is 3. The van der Waals surface area contributed by atoms with Crippen LogP contribution in [0.5, 0.6) is 0 Å². The number of hydrogen-bond acceptors (Lipinski definition) is 4. The summed E-state index contributed by atoms with van der Waals surface area (Å²) < 4.78 is 0. The van der Waals surface area contributed by atoms with Gasteiger partial charge >= 0.3 is 0 Å². The van der Waals surface area contributed by atoms with Gasteiger partial charge in [-0.25, -0.2) is 0 Å². The molecular formula is C21H19N3O2. The Kier molecular flexibility index (Phi) is 5.39. The molecule has 0 aromatic heterocycles. The number of non-ortho nitro benzene ring substituents is 1. The lowest BCUT2D eigenvalue weighted by molar-refractivity contribution is -0.384. The van der Waals surface area contributed by atoms with E-state index in [1.165, 1.54) is 12.1 Å². The highest BCUT2D eigenvalue weighted by Crippen LogP contribution is 2.23. The number of nitrogens with one attached hydrogen (secondary N) is 1. The zero-order chi connectivity index (χ0) is 18.4. The van der Waals surface area contributed by atoms with E-state index in [1.54, 1.807) is 12.1 Å². The van der Waals surface area contributed by atoms with Crippen LogP contribution in [-0.4, -0.2) is 11.1 Å². The Balaban J connectivity index is 1.77. The average Bonchev–Trinajstić information content (AvgIpc) is 2.68. The van der Waals surface area contributed by atoms with Crippen LogP contribution >= 0.6 is 0 Å². The maximum absolute atomic E-state index is 10.8. The summed E-state index contributed by atoms with van der Waals surface area (Å²) in [4.78, 5) is 15.0. The molecule has 0 bridgehead atoms. The second-order valence-electron chi connectivity index (χ2n) is 5.88. The Morgan fingerprint density at radius 1 is 0.962 bits per heavy atom. The molecule has 0 saturated carbocycles. The minimum atomic E-state index is -0.407. The predicted octanol–water partition coefficient (Wildman–Crippen LogP) is 5.52. The fourth-order valence-electron chi connectivity index (χ4n) is 2.56. The van der Waals surface area contributed by atoms with Crippen LogP contribution in [0.25, 0.3) is 0 Å². The summed E-state index contributed by atoms with van der Waals surface area (Å²) in [5.74, 6) is 0. The molecule has 0 amide bonds. The third-order valence-corrected chi connectivity index (χ3v) is 4.04. The van der Waals surface area contributed by atoms with Crippen molar-refractivity contribution in [1.82, 2.24) is 0 Å². The number of anilines is 2. The van der Waals surface area contributed by atoms with Crippen LogP contribution in [-0.2, 0) is 0 Å². The van der Waals surface area contributed by atoms with Crippen molar-refractivity contribution in [1.29, 1.82) is 0 Å². The summed E-state index contributed by atoms with van der Waals surface area (Å²) in [5.41, 5.74) is 3.86. The highest BCUT2D eigenvalue weighted by Gasteiger charge is 2.06. The number of hydrogen-bond donors (Lipinski definition) is 1. The molecule has 5 nitrogen and oxygen atoms in total. The van der Waals surface area contributed by atoms with Crippen LogP contribution in [0, 0.1) is 10.1 Å². The fourth-order valence-corrected chi connectivity index (χ4v) is 2.56. The minimum absolute atomic E-state index is 0.0589. The van der Waals surface area contributed by atoms with Gasteiger partial charge in [0.05, 0.1) is 11.0 Å². The number of nitrogens with zero attached hydrogens (tertiary/aromatic N) is 2. The summed E-state index contributed by atoms with van der Waals surface area (Å²) in [5, 5.41) is 14.0. The third kappa shape index (κ3) is 4.33. The Hall–Kier alpha value is -3.47. The lowest BCUT2D eigenvalue weighted by atomic mass is 10.1. The maximum atomic E-state index is 10.8. The molecule has 26 heavy (non-hydrogen) atoms. The number of rotatable bonds is 6. The van der Waals surface area contributed by atoms with Crippen LogP contribution in [0.4, 0.5) is 17.1 Å². The molecule has 0 fully saturated rings. The molecule has 3 aromatic rings. The normalized spacial score (nSPS) is 12.0. The zero-order valence-corrected chi connectivity index (χ0v) is 14.4. The highest BCUT2D eigenvalue weighted by atomic mass is 16.6. The van der Waals surface area contributed by atoms with Gasteiger partial charge in [-0.2, -0.15) is 0 Å². The van der Waals surface area contributed by atoms with Crippen molar-refractivity contribution in [2.45, 2.75) is 13.0 Å². The van der Waals surface area contributed by atoms with Crippen molar-refractivity contribution in [2.75, 3.05) is 5.32 Å². The molecule has 130 valence electrons. The molecule has 3 aromatic carbocycles. The molecule has 3 rings (SSSR count). The number of aliphatic imine (C=N–C) groups is 1.